The molecular weight excluding hydrogens is 224 g/mol. The summed E-state index contributed by atoms with van der Waals surface area (Å²) in [6.45, 7) is 8.04. The molecule has 0 fully saturated rings. The first-order valence-electron chi connectivity index (χ1n) is 6.39. The Morgan fingerprint density at radius 2 is 1.78 bits per heavy atom. The molecule has 1 rings (SSSR count). The number of rotatable bonds is 3. The fraction of sp³-hybridized carbons (Fsp3) is 0.533. The van der Waals surface area contributed by atoms with E-state index in [4.69, 9.17) is 5.73 Å². The number of benzene rings is 1. The van der Waals surface area contributed by atoms with Crippen molar-refractivity contribution < 1.29 is 4.79 Å². The maximum Gasteiger partial charge on any atom is 0.244 e. The van der Waals surface area contributed by atoms with Crippen molar-refractivity contribution in [3.05, 3.63) is 29.8 Å². The number of carbonyl (C=O) groups excluding carboxylic acids is 1. The number of aryl methyl sites for hydroxylation is 1. The van der Waals surface area contributed by atoms with Gasteiger partial charge in [0, 0.05) is 12.7 Å². The molecule has 0 unspecified atom stereocenters. The molecule has 0 radical (unpaired) electrons. The van der Waals surface area contributed by atoms with Crippen molar-refractivity contribution >= 4 is 11.6 Å². The van der Waals surface area contributed by atoms with E-state index in [1.165, 1.54) is 5.56 Å². The Balaban J connectivity index is 2.86. The van der Waals surface area contributed by atoms with Gasteiger partial charge >= 0.3 is 0 Å². The molecule has 1 amide bonds. The van der Waals surface area contributed by atoms with Gasteiger partial charge in [0.1, 0.15) is 0 Å². The van der Waals surface area contributed by atoms with E-state index < -0.39 is 6.04 Å². The Morgan fingerprint density at radius 3 is 2.17 bits per heavy atom. The Hall–Kier alpha value is -1.35. The third-order valence-electron chi connectivity index (χ3n) is 3.26. The van der Waals surface area contributed by atoms with Gasteiger partial charge in [-0.3, -0.25) is 4.79 Å². The molecule has 100 valence electrons. The van der Waals surface area contributed by atoms with Crippen molar-refractivity contribution in [2.45, 2.75) is 40.2 Å². The maximum atomic E-state index is 12.2. The summed E-state index contributed by atoms with van der Waals surface area (Å²) in [5.41, 5.74) is 7.92. The Labute approximate surface area is 110 Å². The zero-order chi connectivity index (χ0) is 13.9. The Morgan fingerprint density at radius 1 is 1.28 bits per heavy atom. The van der Waals surface area contributed by atoms with Crippen LogP contribution in [0.4, 0.5) is 5.69 Å². The minimum absolute atomic E-state index is 0.0493. The van der Waals surface area contributed by atoms with Crippen molar-refractivity contribution in [2.24, 2.45) is 11.1 Å². The summed E-state index contributed by atoms with van der Waals surface area (Å²) in [5.74, 6) is -0.0493. The molecule has 2 N–H and O–H groups in total. The molecule has 0 aromatic heterocycles. The molecule has 0 aliphatic rings. The molecule has 0 heterocycles. The van der Waals surface area contributed by atoms with Gasteiger partial charge in [-0.05, 0) is 29.5 Å². The molecule has 0 saturated carbocycles. The first kappa shape index (κ1) is 14.7. The van der Waals surface area contributed by atoms with E-state index in [-0.39, 0.29) is 11.3 Å². The molecule has 1 atom stereocenters. The molecular formula is C15H24N2O. The molecule has 1 aromatic rings. The highest BCUT2D eigenvalue weighted by molar-refractivity contribution is 5.97. The van der Waals surface area contributed by atoms with Crippen LogP contribution in [-0.2, 0) is 11.2 Å². The zero-order valence-corrected chi connectivity index (χ0v) is 12.0. The normalized spacial score (nSPS) is 13.2. The van der Waals surface area contributed by atoms with Gasteiger partial charge in [-0.2, -0.15) is 0 Å². The van der Waals surface area contributed by atoms with Crippen molar-refractivity contribution in [2.75, 3.05) is 11.9 Å². The number of nitrogens with zero attached hydrogens (tertiary/aromatic N) is 1. The lowest BCUT2D eigenvalue weighted by atomic mass is 9.86. The van der Waals surface area contributed by atoms with Crippen LogP contribution >= 0.6 is 0 Å². The number of nitrogens with two attached hydrogens (primary N) is 1. The van der Waals surface area contributed by atoms with Crippen molar-refractivity contribution in [3.63, 3.8) is 0 Å². The average molecular weight is 248 g/mol. The predicted molar refractivity (Wildman–Crippen MR) is 76.7 cm³/mol. The van der Waals surface area contributed by atoms with Crippen LogP contribution in [-0.4, -0.2) is 19.0 Å². The van der Waals surface area contributed by atoms with Crippen LogP contribution < -0.4 is 10.6 Å². The smallest absolute Gasteiger partial charge is 0.244 e. The highest BCUT2D eigenvalue weighted by atomic mass is 16.2. The van der Waals surface area contributed by atoms with Crippen molar-refractivity contribution in [1.82, 2.24) is 0 Å². The summed E-state index contributed by atoms with van der Waals surface area (Å²) in [5, 5.41) is 0. The quantitative estimate of drug-likeness (QED) is 0.893. The molecule has 0 bridgehead atoms. The summed E-state index contributed by atoms with van der Waals surface area (Å²) in [7, 11) is 1.77. The fourth-order valence-electron chi connectivity index (χ4n) is 1.66. The molecule has 0 saturated heterocycles. The number of anilines is 1. The number of amides is 1. The lowest BCUT2D eigenvalue weighted by molar-refractivity contribution is -0.121. The molecule has 0 spiro atoms. The van der Waals surface area contributed by atoms with E-state index in [0.717, 1.165) is 12.1 Å². The van der Waals surface area contributed by atoms with E-state index in [1.807, 2.05) is 45.0 Å². The number of hydrogen-bond acceptors (Lipinski definition) is 2. The van der Waals surface area contributed by atoms with Gasteiger partial charge in [-0.15, -0.1) is 0 Å². The van der Waals surface area contributed by atoms with Gasteiger partial charge in [0.15, 0.2) is 0 Å². The largest absolute Gasteiger partial charge is 0.319 e. The first-order chi connectivity index (χ1) is 8.27. The summed E-state index contributed by atoms with van der Waals surface area (Å²) >= 11 is 0. The van der Waals surface area contributed by atoms with E-state index in [9.17, 15) is 4.79 Å². The maximum absolute atomic E-state index is 12.2. The van der Waals surface area contributed by atoms with E-state index in [0.29, 0.717) is 0 Å². The van der Waals surface area contributed by atoms with Crippen LogP contribution in [0.5, 0.6) is 0 Å². The highest BCUT2D eigenvalue weighted by Crippen LogP contribution is 2.22. The summed E-state index contributed by atoms with van der Waals surface area (Å²) in [6, 6.07) is 7.52. The van der Waals surface area contributed by atoms with E-state index in [1.54, 1.807) is 11.9 Å². The summed E-state index contributed by atoms with van der Waals surface area (Å²) < 4.78 is 0. The Bertz CT molecular complexity index is 403. The number of likely N-dealkylation sites (N-methyl/N-ethyl adjacent to an activating group) is 1. The van der Waals surface area contributed by atoms with Crippen LogP contribution in [0.25, 0.3) is 0 Å². The van der Waals surface area contributed by atoms with Gasteiger partial charge in [-0.25, -0.2) is 0 Å². The van der Waals surface area contributed by atoms with Crippen LogP contribution in [0.1, 0.15) is 33.3 Å². The fourth-order valence-corrected chi connectivity index (χ4v) is 1.66. The van der Waals surface area contributed by atoms with Crippen molar-refractivity contribution in [3.8, 4) is 0 Å². The SMILES string of the molecule is CCc1ccc(N(C)C(=O)[C@H](N)C(C)(C)C)cc1. The lowest BCUT2D eigenvalue weighted by Gasteiger charge is -2.30. The molecule has 1 aromatic carbocycles. The average Bonchev–Trinajstić information content (AvgIpc) is 2.35. The number of hydrogen-bond donors (Lipinski definition) is 1. The van der Waals surface area contributed by atoms with Gasteiger partial charge < -0.3 is 10.6 Å². The molecule has 0 aliphatic heterocycles. The topological polar surface area (TPSA) is 46.3 Å². The van der Waals surface area contributed by atoms with Gasteiger partial charge in [0.2, 0.25) is 5.91 Å². The molecule has 3 heteroatoms. The van der Waals surface area contributed by atoms with Crippen LogP contribution in [0.3, 0.4) is 0 Å². The lowest BCUT2D eigenvalue weighted by Crippen LogP contribution is -2.49. The van der Waals surface area contributed by atoms with Gasteiger partial charge in [-0.1, -0.05) is 39.8 Å². The van der Waals surface area contributed by atoms with Crippen LogP contribution in [0.15, 0.2) is 24.3 Å². The molecule has 18 heavy (non-hydrogen) atoms. The van der Waals surface area contributed by atoms with Gasteiger partial charge in [0.05, 0.1) is 6.04 Å². The van der Waals surface area contributed by atoms with Crippen LogP contribution in [0, 0.1) is 5.41 Å². The van der Waals surface area contributed by atoms with E-state index in [2.05, 4.69) is 6.92 Å². The standard InChI is InChI=1S/C15H24N2O/c1-6-11-7-9-12(10-8-11)17(5)14(18)13(16)15(2,3)4/h7-10,13H,6,16H2,1-5H3/t13-/m0/s1. The third kappa shape index (κ3) is 3.33. The second-order valence-corrected chi connectivity index (χ2v) is 5.76. The minimum Gasteiger partial charge on any atom is -0.319 e. The second-order valence-electron chi connectivity index (χ2n) is 5.76. The minimum atomic E-state index is -0.492. The molecule has 3 nitrogen and oxygen atoms in total. The predicted octanol–water partition coefficient (Wildman–Crippen LogP) is 2.59. The molecule has 0 aliphatic carbocycles. The second kappa shape index (κ2) is 5.53. The monoisotopic (exact) mass is 248 g/mol. The summed E-state index contributed by atoms with van der Waals surface area (Å²) in [4.78, 5) is 13.9. The summed E-state index contributed by atoms with van der Waals surface area (Å²) in [6.07, 6.45) is 0.999. The zero-order valence-electron chi connectivity index (χ0n) is 12.0. The Kier molecular flexibility index (Phi) is 4.52. The number of carbonyl (C=O) groups is 1. The van der Waals surface area contributed by atoms with E-state index >= 15 is 0 Å². The third-order valence-corrected chi connectivity index (χ3v) is 3.26. The van der Waals surface area contributed by atoms with Crippen molar-refractivity contribution in [1.29, 1.82) is 0 Å². The van der Waals surface area contributed by atoms with Gasteiger partial charge in [0.25, 0.3) is 0 Å². The van der Waals surface area contributed by atoms with Crippen LogP contribution in [0.2, 0.25) is 0 Å². The highest BCUT2D eigenvalue weighted by Gasteiger charge is 2.30. The first-order valence-corrected chi connectivity index (χ1v) is 6.39.